The lowest BCUT2D eigenvalue weighted by Crippen LogP contribution is -2.19. The summed E-state index contributed by atoms with van der Waals surface area (Å²) in [5.74, 6) is 1.29. The second-order valence-corrected chi connectivity index (χ2v) is 5.26. The van der Waals surface area contributed by atoms with Gasteiger partial charge in [-0.25, -0.2) is 0 Å². The minimum Gasteiger partial charge on any atom is -0.496 e. The van der Waals surface area contributed by atoms with E-state index in [9.17, 15) is 0 Å². The van der Waals surface area contributed by atoms with Crippen LogP contribution in [0.15, 0.2) is 48.5 Å². The molecular formula is C17H20ClNO. The molecule has 0 amide bonds. The van der Waals surface area contributed by atoms with E-state index in [1.165, 1.54) is 5.56 Å². The quantitative estimate of drug-likeness (QED) is 0.871. The molecule has 2 rings (SSSR count). The highest BCUT2D eigenvalue weighted by atomic mass is 35.5. The summed E-state index contributed by atoms with van der Waals surface area (Å²) in [4.78, 5) is 0. The fourth-order valence-corrected chi connectivity index (χ4v) is 2.65. The van der Waals surface area contributed by atoms with Crippen LogP contribution < -0.4 is 10.1 Å². The van der Waals surface area contributed by atoms with E-state index in [0.717, 1.165) is 29.3 Å². The average molecular weight is 290 g/mol. The summed E-state index contributed by atoms with van der Waals surface area (Å²) in [6.45, 7) is 0.916. The van der Waals surface area contributed by atoms with Gasteiger partial charge < -0.3 is 10.1 Å². The maximum absolute atomic E-state index is 6.11. The maximum Gasteiger partial charge on any atom is 0.122 e. The van der Waals surface area contributed by atoms with Crippen LogP contribution in [0.1, 0.15) is 17.0 Å². The summed E-state index contributed by atoms with van der Waals surface area (Å²) in [5, 5.41) is 4.01. The molecule has 0 saturated carbocycles. The van der Waals surface area contributed by atoms with Crippen LogP contribution in [-0.2, 0) is 6.42 Å². The Balaban J connectivity index is 2.26. The van der Waals surface area contributed by atoms with Crippen molar-refractivity contribution in [2.24, 2.45) is 0 Å². The molecule has 0 fully saturated rings. The molecule has 0 aromatic heterocycles. The van der Waals surface area contributed by atoms with Gasteiger partial charge in [0.1, 0.15) is 5.75 Å². The topological polar surface area (TPSA) is 21.3 Å². The number of likely N-dealkylation sites (N-methyl/N-ethyl adjacent to an activating group) is 1. The van der Waals surface area contributed by atoms with Gasteiger partial charge in [-0.2, -0.15) is 0 Å². The van der Waals surface area contributed by atoms with Crippen molar-refractivity contribution < 1.29 is 4.74 Å². The van der Waals surface area contributed by atoms with Gasteiger partial charge >= 0.3 is 0 Å². The molecule has 3 heteroatoms. The summed E-state index contributed by atoms with van der Waals surface area (Å²) in [7, 11) is 3.67. The maximum atomic E-state index is 6.11. The van der Waals surface area contributed by atoms with Gasteiger partial charge in [0.25, 0.3) is 0 Å². The standard InChI is InChI=1S/C17H20ClNO/c1-19-12-15(13-6-4-3-5-7-13)10-14-11-16(18)8-9-17(14)20-2/h3-9,11,15,19H,10,12H2,1-2H3. The van der Waals surface area contributed by atoms with E-state index in [0.29, 0.717) is 5.92 Å². The zero-order chi connectivity index (χ0) is 14.4. The zero-order valence-corrected chi connectivity index (χ0v) is 12.7. The molecular weight excluding hydrogens is 270 g/mol. The number of hydrogen-bond acceptors (Lipinski definition) is 2. The molecule has 0 spiro atoms. The Kier molecular flexibility index (Phi) is 5.45. The number of benzene rings is 2. The summed E-state index contributed by atoms with van der Waals surface area (Å²) >= 11 is 6.11. The van der Waals surface area contributed by atoms with Crippen LogP contribution in [0.25, 0.3) is 0 Å². The van der Waals surface area contributed by atoms with Crippen molar-refractivity contribution in [1.82, 2.24) is 5.32 Å². The summed E-state index contributed by atoms with van der Waals surface area (Å²) in [6.07, 6.45) is 0.897. The fourth-order valence-electron chi connectivity index (χ4n) is 2.45. The van der Waals surface area contributed by atoms with Crippen molar-refractivity contribution in [3.63, 3.8) is 0 Å². The molecule has 0 aliphatic heterocycles. The van der Waals surface area contributed by atoms with Gasteiger partial charge in [-0.15, -0.1) is 0 Å². The molecule has 1 atom stereocenters. The normalized spacial score (nSPS) is 12.2. The zero-order valence-electron chi connectivity index (χ0n) is 11.9. The first kappa shape index (κ1) is 14.9. The van der Waals surface area contributed by atoms with Gasteiger partial charge in [0, 0.05) is 17.5 Å². The predicted octanol–water partition coefficient (Wildman–Crippen LogP) is 3.89. The van der Waals surface area contributed by atoms with E-state index in [1.54, 1.807) is 7.11 Å². The lowest BCUT2D eigenvalue weighted by Gasteiger charge is -2.19. The number of rotatable bonds is 6. The Morgan fingerprint density at radius 2 is 1.90 bits per heavy atom. The fraction of sp³-hybridized carbons (Fsp3) is 0.294. The van der Waals surface area contributed by atoms with E-state index in [2.05, 4.69) is 29.6 Å². The molecule has 0 saturated heterocycles. The minimum atomic E-state index is 0.397. The van der Waals surface area contributed by atoms with Crippen molar-refractivity contribution >= 4 is 11.6 Å². The SMILES string of the molecule is CNCC(Cc1cc(Cl)ccc1OC)c1ccccc1. The average Bonchev–Trinajstić information content (AvgIpc) is 2.48. The smallest absolute Gasteiger partial charge is 0.122 e. The molecule has 2 aromatic rings. The molecule has 0 radical (unpaired) electrons. The second-order valence-electron chi connectivity index (χ2n) is 4.83. The molecule has 0 aliphatic rings. The van der Waals surface area contributed by atoms with E-state index >= 15 is 0 Å². The highest BCUT2D eigenvalue weighted by Gasteiger charge is 2.14. The first-order chi connectivity index (χ1) is 9.74. The molecule has 1 unspecified atom stereocenters. The monoisotopic (exact) mass is 289 g/mol. The summed E-state index contributed by atoms with van der Waals surface area (Å²) in [5.41, 5.74) is 2.47. The molecule has 0 bridgehead atoms. The highest BCUT2D eigenvalue weighted by molar-refractivity contribution is 6.30. The number of halogens is 1. The number of ether oxygens (including phenoxy) is 1. The molecule has 106 valence electrons. The van der Waals surface area contributed by atoms with Crippen molar-refractivity contribution in [3.8, 4) is 5.75 Å². The second kappa shape index (κ2) is 7.32. The largest absolute Gasteiger partial charge is 0.496 e. The Labute approximate surface area is 125 Å². The first-order valence-corrected chi connectivity index (χ1v) is 7.14. The first-order valence-electron chi connectivity index (χ1n) is 6.76. The van der Waals surface area contributed by atoms with Gasteiger partial charge in [-0.1, -0.05) is 41.9 Å². The van der Waals surface area contributed by atoms with Gasteiger partial charge in [0.2, 0.25) is 0 Å². The molecule has 2 nitrogen and oxygen atoms in total. The Hall–Kier alpha value is -1.51. The Bertz CT molecular complexity index is 542. The third kappa shape index (κ3) is 3.75. The van der Waals surface area contributed by atoms with Gasteiger partial charge in [0.15, 0.2) is 0 Å². The van der Waals surface area contributed by atoms with E-state index in [-0.39, 0.29) is 0 Å². The van der Waals surface area contributed by atoms with Crippen LogP contribution in [0.3, 0.4) is 0 Å². The molecule has 1 N–H and O–H groups in total. The van der Waals surface area contributed by atoms with E-state index in [4.69, 9.17) is 16.3 Å². The van der Waals surface area contributed by atoms with Gasteiger partial charge in [-0.3, -0.25) is 0 Å². The van der Waals surface area contributed by atoms with Crippen LogP contribution in [0.2, 0.25) is 5.02 Å². The molecule has 0 aliphatic carbocycles. The van der Waals surface area contributed by atoms with Crippen LogP contribution in [-0.4, -0.2) is 20.7 Å². The van der Waals surface area contributed by atoms with Gasteiger partial charge in [0.05, 0.1) is 7.11 Å². The van der Waals surface area contributed by atoms with Crippen LogP contribution >= 0.6 is 11.6 Å². The molecule has 20 heavy (non-hydrogen) atoms. The van der Waals surface area contributed by atoms with Crippen LogP contribution in [0, 0.1) is 0 Å². The summed E-state index contributed by atoms with van der Waals surface area (Å²) < 4.78 is 5.44. The number of methoxy groups -OCH3 is 1. The van der Waals surface area contributed by atoms with Crippen LogP contribution in [0.5, 0.6) is 5.75 Å². The molecule has 0 heterocycles. The third-order valence-corrected chi connectivity index (χ3v) is 3.67. The molecule has 2 aromatic carbocycles. The van der Waals surface area contributed by atoms with E-state index < -0.39 is 0 Å². The number of nitrogens with one attached hydrogen (secondary N) is 1. The van der Waals surface area contributed by atoms with Gasteiger partial charge in [-0.05, 0) is 42.8 Å². The highest BCUT2D eigenvalue weighted by Crippen LogP contribution is 2.28. The van der Waals surface area contributed by atoms with E-state index in [1.807, 2.05) is 31.3 Å². The minimum absolute atomic E-state index is 0.397. The van der Waals surface area contributed by atoms with Crippen molar-refractivity contribution in [1.29, 1.82) is 0 Å². The van der Waals surface area contributed by atoms with Crippen LogP contribution in [0.4, 0.5) is 0 Å². The lowest BCUT2D eigenvalue weighted by molar-refractivity contribution is 0.407. The third-order valence-electron chi connectivity index (χ3n) is 3.43. The lowest BCUT2D eigenvalue weighted by atomic mass is 9.91. The predicted molar refractivity (Wildman–Crippen MR) is 84.8 cm³/mol. The number of hydrogen-bond donors (Lipinski definition) is 1. The van der Waals surface area contributed by atoms with Crippen molar-refractivity contribution in [3.05, 3.63) is 64.7 Å². The van der Waals surface area contributed by atoms with Crippen molar-refractivity contribution in [2.45, 2.75) is 12.3 Å². The Morgan fingerprint density at radius 1 is 1.15 bits per heavy atom. The Morgan fingerprint density at radius 3 is 2.55 bits per heavy atom. The summed E-state index contributed by atoms with van der Waals surface area (Å²) in [6, 6.07) is 16.3. The van der Waals surface area contributed by atoms with Crippen molar-refractivity contribution in [2.75, 3.05) is 20.7 Å².